The van der Waals surface area contributed by atoms with E-state index in [1.54, 1.807) is 0 Å². The van der Waals surface area contributed by atoms with E-state index in [2.05, 4.69) is 51.8 Å². The van der Waals surface area contributed by atoms with Crippen molar-refractivity contribution in [3.8, 4) is 0 Å². The molecule has 0 fully saturated rings. The Hall–Kier alpha value is 0.674. The molecule has 8 heavy (non-hydrogen) atoms. The van der Waals surface area contributed by atoms with Crippen LogP contribution in [-0.4, -0.2) is 15.5 Å². The topological polar surface area (TPSA) is 3.24 Å². The third-order valence-electron chi connectivity index (χ3n) is 1.11. The molecule has 0 unspecified atom stereocenters. The summed E-state index contributed by atoms with van der Waals surface area (Å²) < 4.78 is 2.33. The number of nitrogens with zero attached hydrogens (tertiary/aromatic N) is 1. The van der Waals surface area contributed by atoms with Crippen LogP contribution < -0.4 is 0 Å². The molecule has 1 nitrogen and oxygen atoms in total. The predicted molar refractivity (Wildman–Crippen MR) is 32.1 cm³/mol. The fourth-order valence-corrected chi connectivity index (χ4v) is 0.596. The Bertz CT molecular complexity index is 53.5. The molecule has 0 saturated carbocycles. The van der Waals surface area contributed by atoms with Crippen molar-refractivity contribution in [2.45, 2.75) is 39.8 Å². The summed E-state index contributed by atoms with van der Waals surface area (Å²) in [6, 6.07) is 1.35. The molecule has 0 aliphatic heterocycles. The van der Waals surface area contributed by atoms with Crippen LogP contribution in [0.3, 0.4) is 0 Å². The fraction of sp³-hybridized carbons (Fsp3) is 1.00. The van der Waals surface area contributed by atoms with Gasteiger partial charge in [-0.2, -0.15) is 0 Å². The van der Waals surface area contributed by atoms with E-state index < -0.39 is 0 Å². The third kappa shape index (κ3) is 2.86. The van der Waals surface area contributed by atoms with E-state index >= 15 is 0 Å². The van der Waals surface area contributed by atoms with Crippen LogP contribution in [0.25, 0.3) is 0 Å². The summed E-state index contributed by atoms with van der Waals surface area (Å²) in [4.78, 5) is 0. The second-order valence-electron chi connectivity index (χ2n) is 2.59. The van der Waals surface area contributed by atoms with Crippen molar-refractivity contribution in [3.05, 3.63) is 0 Å². The van der Waals surface area contributed by atoms with E-state index in [4.69, 9.17) is 0 Å². The van der Waals surface area contributed by atoms with Gasteiger partial charge < -0.3 is 0 Å². The first-order valence-electron chi connectivity index (χ1n) is 3.05. The summed E-state index contributed by atoms with van der Waals surface area (Å²) in [6.45, 7) is 8.83. The standard InChI is InChI=1S/C6H14N.Ti/c1-5(2)7-6(3)4;/h5-6H,1-4H3;/q-1;+1. The molecule has 0 N–H and O–H groups in total. The zero-order chi connectivity index (χ0) is 6.73. The van der Waals surface area contributed by atoms with Crippen LogP contribution >= 0.6 is 0 Å². The molecule has 0 heterocycles. The van der Waals surface area contributed by atoms with Crippen molar-refractivity contribution in [2.75, 3.05) is 0 Å². The summed E-state index contributed by atoms with van der Waals surface area (Å²) in [7, 11) is 0. The maximum atomic E-state index is 2.33. The normalized spacial score (nSPS) is 11.8. The van der Waals surface area contributed by atoms with Crippen LogP contribution in [0.15, 0.2) is 0 Å². The molecule has 0 spiro atoms. The van der Waals surface area contributed by atoms with Gasteiger partial charge in [-0.05, 0) is 0 Å². The average molecular weight is 148 g/mol. The Morgan fingerprint density at radius 3 is 1.25 bits per heavy atom. The van der Waals surface area contributed by atoms with Crippen LogP contribution in [0, 0.1) is 0 Å². The Balaban J connectivity index is 3.46. The molecule has 0 radical (unpaired) electrons. The molecule has 0 aromatic rings. The number of rotatable bonds is 2. The maximum absolute atomic E-state index is 2.33. The van der Waals surface area contributed by atoms with Gasteiger partial charge in [-0.1, -0.05) is 0 Å². The van der Waals surface area contributed by atoms with Gasteiger partial charge >= 0.3 is 63.9 Å². The van der Waals surface area contributed by atoms with Gasteiger partial charge in [-0.15, -0.1) is 0 Å². The van der Waals surface area contributed by atoms with Crippen molar-refractivity contribution in [2.24, 2.45) is 0 Å². The van der Waals surface area contributed by atoms with E-state index in [0.717, 1.165) is 0 Å². The Labute approximate surface area is 64.2 Å². The zero-order valence-electron chi connectivity index (χ0n) is 6.10. The molecular weight excluding hydrogens is 134 g/mol. The van der Waals surface area contributed by atoms with Crippen molar-refractivity contribution in [1.82, 2.24) is 3.38 Å². The van der Waals surface area contributed by atoms with Gasteiger partial charge in [-0.25, -0.2) is 0 Å². The summed E-state index contributed by atoms with van der Waals surface area (Å²) in [5.41, 5.74) is 0. The molecular formula is C6H14NTi. The monoisotopic (exact) mass is 148 g/mol. The van der Waals surface area contributed by atoms with Crippen LogP contribution in [0.5, 0.6) is 0 Å². The number of hydrogen-bond donors (Lipinski definition) is 0. The minimum atomic E-state index is 0.676. The SMILES string of the molecule is CC(C)[N]([Ti])C(C)C. The van der Waals surface area contributed by atoms with Gasteiger partial charge in [-0.3, -0.25) is 0 Å². The van der Waals surface area contributed by atoms with Gasteiger partial charge in [0.2, 0.25) is 0 Å². The van der Waals surface area contributed by atoms with Gasteiger partial charge in [0.15, 0.2) is 0 Å². The zero-order valence-corrected chi connectivity index (χ0v) is 7.66. The van der Waals surface area contributed by atoms with Crippen molar-refractivity contribution in [3.63, 3.8) is 0 Å². The van der Waals surface area contributed by atoms with Crippen LogP contribution in [0.1, 0.15) is 27.7 Å². The average Bonchev–Trinajstić information content (AvgIpc) is 1.64. The minimum absolute atomic E-state index is 0.676. The van der Waals surface area contributed by atoms with Crippen LogP contribution in [0.2, 0.25) is 0 Å². The summed E-state index contributed by atoms with van der Waals surface area (Å²) in [5.74, 6) is 0. The molecule has 2 heteroatoms. The number of hydrogen-bond acceptors (Lipinski definition) is 1. The van der Waals surface area contributed by atoms with Crippen molar-refractivity contribution >= 4 is 0 Å². The second kappa shape index (κ2) is 3.65. The molecule has 0 aromatic heterocycles. The van der Waals surface area contributed by atoms with Crippen molar-refractivity contribution < 1.29 is 20.7 Å². The van der Waals surface area contributed by atoms with Crippen molar-refractivity contribution in [1.29, 1.82) is 0 Å². The van der Waals surface area contributed by atoms with E-state index in [1.807, 2.05) is 0 Å². The summed E-state index contributed by atoms with van der Waals surface area (Å²) >= 11 is 2.15. The molecule has 0 saturated heterocycles. The summed E-state index contributed by atoms with van der Waals surface area (Å²) in [6.07, 6.45) is 0. The first kappa shape index (κ1) is 8.67. The van der Waals surface area contributed by atoms with Crippen LogP contribution in [0.4, 0.5) is 0 Å². The fourth-order valence-electron chi connectivity index (χ4n) is 0.596. The molecule has 0 bridgehead atoms. The third-order valence-corrected chi connectivity index (χ3v) is 2.73. The molecule has 0 rings (SSSR count). The molecule has 0 amide bonds. The van der Waals surface area contributed by atoms with E-state index in [1.165, 1.54) is 0 Å². The van der Waals surface area contributed by atoms with E-state index in [-0.39, 0.29) is 0 Å². The second-order valence-corrected chi connectivity index (χ2v) is 3.40. The van der Waals surface area contributed by atoms with Gasteiger partial charge in [0.05, 0.1) is 0 Å². The van der Waals surface area contributed by atoms with E-state index in [9.17, 15) is 0 Å². The Kier molecular flexibility index (Phi) is 3.96. The van der Waals surface area contributed by atoms with Crippen LogP contribution in [-0.2, 0) is 20.7 Å². The predicted octanol–water partition coefficient (Wildman–Crippen LogP) is 1.57. The van der Waals surface area contributed by atoms with Gasteiger partial charge in [0.25, 0.3) is 0 Å². The molecule has 0 aliphatic carbocycles. The molecule has 0 aromatic carbocycles. The van der Waals surface area contributed by atoms with Gasteiger partial charge in [0.1, 0.15) is 0 Å². The van der Waals surface area contributed by atoms with E-state index in [0.29, 0.717) is 12.1 Å². The van der Waals surface area contributed by atoms with Gasteiger partial charge in [0, 0.05) is 0 Å². The first-order valence-corrected chi connectivity index (χ1v) is 3.75. The quantitative estimate of drug-likeness (QED) is 0.537. The first-order chi connectivity index (χ1) is 3.55. The molecule has 0 aliphatic rings. The summed E-state index contributed by atoms with van der Waals surface area (Å²) in [5, 5.41) is 0. The molecule has 0 atom stereocenters. The Morgan fingerprint density at radius 2 is 1.25 bits per heavy atom. The Morgan fingerprint density at radius 1 is 1.00 bits per heavy atom. The molecule has 47 valence electrons.